The predicted octanol–water partition coefficient (Wildman–Crippen LogP) is 3.20. The van der Waals surface area contributed by atoms with Gasteiger partial charge in [-0.05, 0) is 75.5 Å². The molecular formula is C23H27N3O5. The van der Waals surface area contributed by atoms with Gasteiger partial charge in [-0.2, -0.15) is 0 Å². The minimum absolute atomic E-state index is 0.115. The zero-order chi connectivity index (χ0) is 22.2. The Kier molecular flexibility index (Phi) is 7.64. The molecule has 0 spiro atoms. The van der Waals surface area contributed by atoms with Crippen molar-refractivity contribution in [3.05, 3.63) is 65.4 Å². The van der Waals surface area contributed by atoms with Crippen LogP contribution >= 0.6 is 0 Å². The Labute approximate surface area is 180 Å². The summed E-state index contributed by atoms with van der Waals surface area (Å²) in [5, 5.41) is 12.4. The van der Waals surface area contributed by atoms with Crippen LogP contribution in [0.1, 0.15) is 39.3 Å². The predicted molar refractivity (Wildman–Crippen MR) is 116 cm³/mol. The zero-order valence-electron chi connectivity index (χ0n) is 17.7. The molecule has 2 amide bonds. The van der Waals surface area contributed by atoms with Crippen molar-refractivity contribution < 1.29 is 24.0 Å². The van der Waals surface area contributed by atoms with Crippen LogP contribution in [0.25, 0.3) is 11.0 Å². The summed E-state index contributed by atoms with van der Waals surface area (Å²) in [7, 11) is 3.96. The molecule has 0 atom stereocenters. The monoisotopic (exact) mass is 425 g/mol. The summed E-state index contributed by atoms with van der Waals surface area (Å²) in [4.78, 5) is 25.7. The standard InChI is InChI=1S/C23H27N3O5/c1-26(2)15-20-14-18-13-17(7-10-21(18)31-20)22(27)24-11-3-4-12-30-19-8-5-16(6-9-19)23(28)25-29/h5-10,13-14,29H,3-4,11-12,15H2,1-2H3,(H,24,27)(H,25,28). The smallest absolute Gasteiger partial charge is 0.274 e. The Bertz CT molecular complexity index is 1030. The lowest BCUT2D eigenvalue weighted by molar-refractivity contribution is 0.0706. The molecule has 1 aromatic heterocycles. The number of hydroxylamine groups is 1. The molecule has 3 N–H and O–H groups in total. The molecule has 0 aliphatic heterocycles. The number of unbranched alkanes of at least 4 members (excludes halogenated alkanes) is 1. The van der Waals surface area contributed by atoms with E-state index in [9.17, 15) is 9.59 Å². The molecule has 0 fully saturated rings. The van der Waals surface area contributed by atoms with E-state index < -0.39 is 5.91 Å². The first kappa shape index (κ1) is 22.3. The lowest BCUT2D eigenvalue weighted by Gasteiger charge is -2.08. The van der Waals surface area contributed by atoms with Crippen molar-refractivity contribution in [3.63, 3.8) is 0 Å². The maximum Gasteiger partial charge on any atom is 0.274 e. The highest BCUT2D eigenvalue weighted by molar-refractivity contribution is 5.97. The summed E-state index contributed by atoms with van der Waals surface area (Å²) in [6, 6.07) is 13.9. The topological polar surface area (TPSA) is 104 Å². The molecule has 3 rings (SSSR count). The van der Waals surface area contributed by atoms with Crippen molar-refractivity contribution in [2.75, 3.05) is 27.2 Å². The minimum Gasteiger partial charge on any atom is -0.494 e. The average molecular weight is 425 g/mol. The molecule has 31 heavy (non-hydrogen) atoms. The van der Waals surface area contributed by atoms with Crippen molar-refractivity contribution in [2.45, 2.75) is 19.4 Å². The zero-order valence-corrected chi connectivity index (χ0v) is 17.7. The number of hydrogen-bond acceptors (Lipinski definition) is 6. The van der Waals surface area contributed by atoms with Crippen molar-refractivity contribution in [1.82, 2.24) is 15.7 Å². The van der Waals surface area contributed by atoms with Crippen LogP contribution in [-0.2, 0) is 6.54 Å². The van der Waals surface area contributed by atoms with E-state index in [1.807, 2.05) is 37.2 Å². The van der Waals surface area contributed by atoms with Gasteiger partial charge in [0.1, 0.15) is 17.1 Å². The fourth-order valence-corrected chi connectivity index (χ4v) is 3.12. The molecule has 0 saturated carbocycles. The van der Waals surface area contributed by atoms with Crippen LogP contribution in [0, 0.1) is 0 Å². The third kappa shape index (κ3) is 6.31. The van der Waals surface area contributed by atoms with Gasteiger partial charge in [0.15, 0.2) is 0 Å². The van der Waals surface area contributed by atoms with Crippen molar-refractivity contribution >= 4 is 22.8 Å². The maximum absolute atomic E-state index is 12.4. The summed E-state index contributed by atoms with van der Waals surface area (Å²) in [6.45, 7) is 1.75. The summed E-state index contributed by atoms with van der Waals surface area (Å²) in [5.41, 5.74) is 3.31. The van der Waals surface area contributed by atoms with E-state index in [2.05, 4.69) is 5.32 Å². The normalized spacial score (nSPS) is 11.0. The molecule has 0 saturated heterocycles. The molecule has 0 aliphatic rings. The van der Waals surface area contributed by atoms with E-state index in [4.69, 9.17) is 14.4 Å². The number of hydrogen-bond donors (Lipinski definition) is 3. The van der Waals surface area contributed by atoms with Crippen molar-refractivity contribution in [2.24, 2.45) is 0 Å². The third-order valence-corrected chi connectivity index (χ3v) is 4.65. The fourth-order valence-electron chi connectivity index (χ4n) is 3.12. The van der Waals surface area contributed by atoms with Crippen LogP contribution in [-0.4, -0.2) is 49.2 Å². The maximum atomic E-state index is 12.4. The lowest BCUT2D eigenvalue weighted by atomic mass is 10.1. The molecule has 2 aromatic carbocycles. The summed E-state index contributed by atoms with van der Waals surface area (Å²) < 4.78 is 11.4. The summed E-state index contributed by atoms with van der Waals surface area (Å²) in [5.74, 6) is 0.823. The van der Waals surface area contributed by atoms with Crippen molar-refractivity contribution in [1.29, 1.82) is 0 Å². The Morgan fingerprint density at radius 2 is 1.74 bits per heavy atom. The number of carbonyl (C=O) groups is 2. The summed E-state index contributed by atoms with van der Waals surface area (Å²) in [6.07, 6.45) is 1.55. The molecule has 8 nitrogen and oxygen atoms in total. The highest BCUT2D eigenvalue weighted by Gasteiger charge is 2.10. The highest BCUT2D eigenvalue weighted by atomic mass is 16.5. The second-order valence-electron chi connectivity index (χ2n) is 7.48. The van der Waals surface area contributed by atoms with E-state index >= 15 is 0 Å². The van der Waals surface area contributed by atoms with Crippen molar-refractivity contribution in [3.8, 4) is 5.75 Å². The SMILES string of the molecule is CN(C)Cc1cc2cc(C(=O)NCCCCOc3ccc(C(=O)NO)cc3)ccc2o1. The Hall–Kier alpha value is -3.36. The van der Waals surface area contributed by atoms with Gasteiger partial charge in [0.2, 0.25) is 0 Å². The van der Waals surface area contributed by atoms with Gasteiger partial charge < -0.3 is 19.4 Å². The number of amides is 2. The van der Waals surface area contributed by atoms with Gasteiger partial charge in [-0.1, -0.05) is 0 Å². The van der Waals surface area contributed by atoms with Gasteiger partial charge in [0, 0.05) is 23.1 Å². The molecule has 164 valence electrons. The number of nitrogens with zero attached hydrogens (tertiary/aromatic N) is 1. The van der Waals surface area contributed by atoms with Gasteiger partial charge in [0.05, 0.1) is 13.2 Å². The van der Waals surface area contributed by atoms with Crippen LogP contribution in [0.3, 0.4) is 0 Å². The number of nitrogens with one attached hydrogen (secondary N) is 2. The number of furan rings is 1. The van der Waals surface area contributed by atoms with E-state index in [0.29, 0.717) is 36.6 Å². The molecule has 3 aromatic rings. The Morgan fingerprint density at radius 3 is 2.45 bits per heavy atom. The molecule has 0 aliphatic carbocycles. The molecule has 1 heterocycles. The molecule has 0 bridgehead atoms. The van der Waals surface area contributed by atoms with Crippen LogP contribution < -0.4 is 15.5 Å². The first-order valence-electron chi connectivity index (χ1n) is 10.1. The van der Waals surface area contributed by atoms with Gasteiger partial charge in [-0.3, -0.25) is 14.8 Å². The van der Waals surface area contributed by atoms with E-state index in [-0.39, 0.29) is 5.91 Å². The fraction of sp³-hybridized carbons (Fsp3) is 0.304. The molecular weight excluding hydrogens is 398 g/mol. The molecule has 0 unspecified atom stereocenters. The lowest BCUT2D eigenvalue weighted by Crippen LogP contribution is -2.24. The Morgan fingerprint density at radius 1 is 1.00 bits per heavy atom. The first-order valence-corrected chi connectivity index (χ1v) is 10.1. The minimum atomic E-state index is -0.566. The second-order valence-corrected chi connectivity index (χ2v) is 7.48. The molecule has 8 heteroatoms. The highest BCUT2D eigenvalue weighted by Crippen LogP contribution is 2.21. The van der Waals surface area contributed by atoms with Crippen LogP contribution in [0.15, 0.2) is 52.9 Å². The van der Waals surface area contributed by atoms with Crippen LogP contribution in [0.4, 0.5) is 0 Å². The van der Waals surface area contributed by atoms with Crippen LogP contribution in [0.5, 0.6) is 5.75 Å². The van der Waals surface area contributed by atoms with E-state index in [1.165, 1.54) is 0 Å². The number of rotatable bonds is 10. The van der Waals surface area contributed by atoms with E-state index in [1.54, 1.807) is 35.8 Å². The number of benzene rings is 2. The first-order chi connectivity index (χ1) is 15.0. The van der Waals surface area contributed by atoms with Gasteiger partial charge in [-0.15, -0.1) is 0 Å². The second kappa shape index (κ2) is 10.6. The van der Waals surface area contributed by atoms with Crippen LogP contribution in [0.2, 0.25) is 0 Å². The summed E-state index contributed by atoms with van der Waals surface area (Å²) >= 11 is 0. The van der Waals surface area contributed by atoms with E-state index in [0.717, 1.165) is 29.6 Å². The van der Waals surface area contributed by atoms with Gasteiger partial charge in [0.25, 0.3) is 11.8 Å². The number of carbonyl (C=O) groups excluding carboxylic acids is 2. The quantitative estimate of drug-likeness (QED) is 0.262. The Balaban J connectivity index is 1.39. The largest absolute Gasteiger partial charge is 0.494 e. The number of fused-ring (bicyclic) bond motifs is 1. The molecule has 0 radical (unpaired) electrons. The van der Waals surface area contributed by atoms with Gasteiger partial charge >= 0.3 is 0 Å². The third-order valence-electron chi connectivity index (χ3n) is 4.65. The number of ether oxygens (including phenoxy) is 1. The average Bonchev–Trinajstić information content (AvgIpc) is 3.16. The van der Waals surface area contributed by atoms with Gasteiger partial charge in [-0.25, -0.2) is 5.48 Å².